The summed E-state index contributed by atoms with van der Waals surface area (Å²) in [4.78, 5) is 38.1. The van der Waals surface area contributed by atoms with Crippen LogP contribution in [0.5, 0.6) is 0 Å². The summed E-state index contributed by atoms with van der Waals surface area (Å²) in [5.41, 5.74) is 0. The third-order valence-corrected chi connectivity index (χ3v) is 11.4. The van der Waals surface area contributed by atoms with Gasteiger partial charge in [0, 0.05) is 19.3 Å². The van der Waals surface area contributed by atoms with Gasteiger partial charge in [-0.15, -0.1) is 0 Å². The number of ether oxygens (including phenoxy) is 3. The van der Waals surface area contributed by atoms with Crippen molar-refractivity contribution >= 4 is 17.9 Å². The maximum absolute atomic E-state index is 12.8. The molecule has 0 amide bonds. The van der Waals surface area contributed by atoms with E-state index in [1.807, 2.05) is 0 Å². The predicted molar refractivity (Wildman–Crippen MR) is 302 cm³/mol. The van der Waals surface area contributed by atoms with Gasteiger partial charge in [-0.2, -0.15) is 0 Å². The average Bonchev–Trinajstić information content (AvgIpc) is 3.36. The van der Waals surface area contributed by atoms with E-state index in [2.05, 4.69) is 154 Å². The van der Waals surface area contributed by atoms with Crippen molar-refractivity contribution < 1.29 is 28.6 Å². The Morgan fingerprint density at radius 2 is 0.557 bits per heavy atom. The third-order valence-electron chi connectivity index (χ3n) is 11.4. The lowest BCUT2D eigenvalue weighted by Gasteiger charge is -2.18. The number of unbranched alkanes of at least 4 members (excludes halogenated alkanes) is 16. The monoisotopic (exact) mass is 967 g/mol. The standard InChI is InChI=1S/C64H102O6/c1-4-7-10-13-16-19-22-25-28-30-31-32-33-34-37-39-42-45-48-51-54-57-63(66)69-60-61(59-68-62(65)56-53-50-47-44-41-38-35-27-24-21-18-15-12-9-6-3)70-64(67)58-55-52-49-46-43-40-36-29-26-23-20-17-14-11-8-5-2/h7,9-10,12,16,18-19,21,25,27-29,31-32,34-37,41-42,44-45,61H,4-6,8,11,13-15,17,20,22-24,26,30,33,38-40,43,46-60H2,1-3H3/b10-7-,12-9-,19-16-,21-18-,28-25-,32-31-,35-27-,36-29-,37-34-,44-41-,45-42-. The molecule has 0 saturated heterocycles. The second kappa shape index (κ2) is 57.1. The second-order valence-electron chi connectivity index (χ2n) is 18.1. The van der Waals surface area contributed by atoms with Crippen LogP contribution >= 0.6 is 0 Å². The van der Waals surface area contributed by atoms with Crippen LogP contribution in [-0.4, -0.2) is 37.2 Å². The highest BCUT2D eigenvalue weighted by Gasteiger charge is 2.19. The normalized spacial score (nSPS) is 13.1. The lowest BCUT2D eigenvalue weighted by atomic mass is 10.1. The minimum Gasteiger partial charge on any atom is -0.462 e. The van der Waals surface area contributed by atoms with Crippen molar-refractivity contribution in [2.75, 3.05) is 13.2 Å². The van der Waals surface area contributed by atoms with Gasteiger partial charge in [-0.25, -0.2) is 0 Å². The molecule has 0 aromatic rings. The van der Waals surface area contributed by atoms with Gasteiger partial charge in [0.25, 0.3) is 0 Å². The molecule has 0 radical (unpaired) electrons. The van der Waals surface area contributed by atoms with Crippen molar-refractivity contribution in [3.63, 3.8) is 0 Å². The van der Waals surface area contributed by atoms with Crippen molar-refractivity contribution in [2.45, 2.75) is 239 Å². The number of rotatable bonds is 49. The number of hydrogen-bond donors (Lipinski definition) is 0. The zero-order valence-corrected chi connectivity index (χ0v) is 45.0. The van der Waals surface area contributed by atoms with Crippen LogP contribution in [0.1, 0.15) is 233 Å². The van der Waals surface area contributed by atoms with E-state index in [0.29, 0.717) is 25.7 Å². The molecule has 0 N–H and O–H groups in total. The average molecular weight is 968 g/mol. The molecular weight excluding hydrogens is 865 g/mol. The quantitative estimate of drug-likeness (QED) is 0.0262. The van der Waals surface area contributed by atoms with Gasteiger partial charge in [-0.3, -0.25) is 14.4 Å². The van der Waals surface area contributed by atoms with E-state index < -0.39 is 6.10 Å². The first-order valence-electron chi connectivity index (χ1n) is 28.2. The number of carbonyl (C=O) groups excluding carboxylic acids is 3. The van der Waals surface area contributed by atoms with Crippen molar-refractivity contribution in [2.24, 2.45) is 0 Å². The Kier molecular flexibility index (Phi) is 53.5. The Bertz CT molecular complexity index is 1530. The maximum atomic E-state index is 12.8. The fraction of sp³-hybridized carbons (Fsp3) is 0.609. The highest BCUT2D eigenvalue weighted by molar-refractivity contribution is 5.71. The van der Waals surface area contributed by atoms with E-state index >= 15 is 0 Å². The summed E-state index contributed by atoms with van der Waals surface area (Å²) in [6, 6.07) is 0. The molecule has 0 rings (SSSR count). The van der Waals surface area contributed by atoms with E-state index in [1.165, 1.54) is 57.8 Å². The first kappa shape index (κ1) is 65.5. The van der Waals surface area contributed by atoms with E-state index in [0.717, 1.165) is 122 Å². The molecule has 0 heterocycles. The molecule has 1 unspecified atom stereocenters. The second-order valence-corrected chi connectivity index (χ2v) is 18.1. The third kappa shape index (κ3) is 54.5. The molecule has 0 aliphatic rings. The Morgan fingerprint density at radius 1 is 0.300 bits per heavy atom. The summed E-state index contributed by atoms with van der Waals surface area (Å²) >= 11 is 0. The van der Waals surface area contributed by atoms with Crippen LogP contribution in [0.15, 0.2) is 134 Å². The van der Waals surface area contributed by atoms with Gasteiger partial charge >= 0.3 is 17.9 Å². The summed E-state index contributed by atoms with van der Waals surface area (Å²) in [6.07, 6.45) is 80.1. The van der Waals surface area contributed by atoms with Gasteiger partial charge in [0.2, 0.25) is 0 Å². The van der Waals surface area contributed by atoms with Gasteiger partial charge < -0.3 is 14.2 Å². The van der Waals surface area contributed by atoms with Crippen molar-refractivity contribution in [3.8, 4) is 0 Å². The first-order valence-corrected chi connectivity index (χ1v) is 28.2. The van der Waals surface area contributed by atoms with Crippen LogP contribution < -0.4 is 0 Å². The van der Waals surface area contributed by atoms with Gasteiger partial charge in [0.15, 0.2) is 6.10 Å². The fourth-order valence-electron chi connectivity index (χ4n) is 7.19. The van der Waals surface area contributed by atoms with Crippen LogP contribution in [0.3, 0.4) is 0 Å². The Labute approximate surface area is 430 Å². The molecule has 0 aliphatic heterocycles. The molecule has 0 aromatic carbocycles. The van der Waals surface area contributed by atoms with Gasteiger partial charge in [-0.05, 0) is 135 Å². The summed E-state index contributed by atoms with van der Waals surface area (Å²) in [7, 11) is 0. The maximum Gasteiger partial charge on any atom is 0.306 e. The number of carbonyl (C=O) groups is 3. The molecule has 0 bridgehead atoms. The number of hydrogen-bond acceptors (Lipinski definition) is 6. The van der Waals surface area contributed by atoms with Gasteiger partial charge in [-0.1, -0.05) is 212 Å². The van der Waals surface area contributed by atoms with Crippen molar-refractivity contribution in [3.05, 3.63) is 134 Å². The molecule has 6 heteroatoms. The molecule has 0 spiro atoms. The smallest absolute Gasteiger partial charge is 0.306 e. The summed E-state index contributed by atoms with van der Waals surface area (Å²) in [5.74, 6) is -1.02. The van der Waals surface area contributed by atoms with Crippen LogP contribution in [0.2, 0.25) is 0 Å². The van der Waals surface area contributed by atoms with Gasteiger partial charge in [0.05, 0.1) is 0 Å². The molecule has 0 aromatic heterocycles. The summed E-state index contributed by atoms with van der Waals surface area (Å²) in [6.45, 7) is 6.32. The Balaban J connectivity index is 4.55. The lowest BCUT2D eigenvalue weighted by molar-refractivity contribution is -0.167. The van der Waals surface area contributed by atoms with Crippen LogP contribution in [-0.2, 0) is 28.6 Å². The molecular formula is C64H102O6. The molecule has 0 aliphatic carbocycles. The molecule has 6 nitrogen and oxygen atoms in total. The molecule has 0 saturated carbocycles. The van der Waals surface area contributed by atoms with Crippen LogP contribution in [0, 0.1) is 0 Å². The highest BCUT2D eigenvalue weighted by Crippen LogP contribution is 2.13. The summed E-state index contributed by atoms with van der Waals surface area (Å²) in [5, 5.41) is 0. The largest absolute Gasteiger partial charge is 0.462 e. The van der Waals surface area contributed by atoms with Crippen LogP contribution in [0.4, 0.5) is 0 Å². The van der Waals surface area contributed by atoms with Gasteiger partial charge in [0.1, 0.15) is 13.2 Å². The van der Waals surface area contributed by atoms with E-state index in [9.17, 15) is 14.4 Å². The predicted octanol–water partition coefficient (Wildman–Crippen LogP) is 19.0. The SMILES string of the molecule is CC/C=C\C/C=C\C/C=C\C/C=C\C/C=C\C/C=C\CCCCC(=O)OCC(COC(=O)CCCC/C=C\C/C=C\C/C=C\C/C=C\CC)OC(=O)CCCCCCC/C=C\CCCCCCCCC. The zero-order valence-electron chi connectivity index (χ0n) is 45.0. The van der Waals surface area contributed by atoms with E-state index in [1.54, 1.807) is 0 Å². The lowest BCUT2D eigenvalue weighted by Crippen LogP contribution is -2.30. The minimum absolute atomic E-state index is 0.121. The summed E-state index contributed by atoms with van der Waals surface area (Å²) < 4.78 is 16.8. The fourth-order valence-corrected chi connectivity index (χ4v) is 7.19. The number of allylic oxidation sites excluding steroid dienone is 22. The molecule has 0 fully saturated rings. The Hall–Kier alpha value is -4.45. The first-order chi connectivity index (χ1) is 34.5. The minimum atomic E-state index is -0.823. The van der Waals surface area contributed by atoms with E-state index in [4.69, 9.17) is 14.2 Å². The topological polar surface area (TPSA) is 78.9 Å². The van der Waals surface area contributed by atoms with Crippen molar-refractivity contribution in [1.82, 2.24) is 0 Å². The molecule has 394 valence electrons. The molecule has 1 atom stereocenters. The van der Waals surface area contributed by atoms with Crippen molar-refractivity contribution in [1.29, 1.82) is 0 Å². The van der Waals surface area contributed by atoms with Crippen LogP contribution in [0.25, 0.3) is 0 Å². The highest BCUT2D eigenvalue weighted by atomic mass is 16.6. The number of esters is 3. The van der Waals surface area contributed by atoms with E-state index in [-0.39, 0.29) is 37.5 Å². The molecule has 70 heavy (non-hydrogen) atoms. The zero-order chi connectivity index (χ0) is 50.7. The Morgan fingerprint density at radius 3 is 0.914 bits per heavy atom.